The smallest absolute Gasteiger partial charge is 0.161 e. The summed E-state index contributed by atoms with van der Waals surface area (Å²) >= 11 is 0. The molecule has 4 nitrogen and oxygen atoms in total. The summed E-state index contributed by atoms with van der Waals surface area (Å²) in [7, 11) is 3.33. The average molecular weight is 317 g/mol. The Balaban J connectivity index is 1.89. The Labute approximate surface area is 138 Å². The molecule has 0 spiro atoms. The molecule has 4 heteroatoms. The maximum absolute atomic E-state index is 12.6. The van der Waals surface area contributed by atoms with Crippen molar-refractivity contribution < 1.29 is 14.3 Å². The third-order valence-corrected chi connectivity index (χ3v) is 5.17. The number of fused-ring (bicyclic) bond motifs is 3. The van der Waals surface area contributed by atoms with Crippen LogP contribution in [0.4, 0.5) is 0 Å². The van der Waals surface area contributed by atoms with E-state index >= 15 is 0 Å². The van der Waals surface area contributed by atoms with E-state index < -0.39 is 0 Å². The second-order valence-corrected chi connectivity index (χ2v) is 7.16. The summed E-state index contributed by atoms with van der Waals surface area (Å²) in [6.45, 7) is 6.31. The van der Waals surface area contributed by atoms with Gasteiger partial charge in [-0.15, -0.1) is 0 Å². The predicted molar refractivity (Wildman–Crippen MR) is 90.1 cm³/mol. The van der Waals surface area contributed by atoms with Gasteiger partial charge in [-0.2, -0.15) is 0 Å². The van der Waals surface area contributed by atoms with Gasteiger partial charge in [-0.05, 0) is 42.0 Å². The summed E-state index contributed by atoms with van der Waals surface area (Å²) in [6.07, 6.45) is 2.63. The number of ether oxygens (including phenoxy) is 2. The van der Waals surface area contributed by atoms with Crippen molar-refractivity contribution in [3.05, 3.63) is 23.3 Å². The molecule has 126 valence electrons. The third-order valence-electron chi connectivity index (χ3n) is 5.17. The largest absolute Gasteiger partial charge is 0.493 e. The van der Waals surface area contributed by atoms with E-state index in [1.165, 1.54) is 11.1 Å². The Kier molecular flexibility index (Phi) is 4.62. The van der Waals surface area contributed by atoms with E-state index in [9.17, 15) is 4.79 Å². The summed E-state index contributed by atoms with van der Waals surface area (Å²) in [6, 6.07) is 4.35. The van der Waals surface area contributed by atoms with E-state index in [4.69, 9.17) is 9.47 Å². The number of rotatable bonds is 4. The molecule has 1 fully saturated rings. The van der Waals surface area contributed by atoms with Crippen LogP contribution in [-0.2, 0) is 11.2 Å². The molecule has 2 atom stereocenters. The van der Waals surface area contributed by atoms with Gasteiger partial charge in [0.2, 0.25) is 0 Å². The molecule has 2 aliphatic heterocycles. The highest BCUT2D eigenvalue weighted by Crippen LogP contribution is 2.42. The molecule has 1 aromatic carbocycles. The SMILES string of the molecule is COc1cc2c(cc1OC)[C@H]1CC(=O)[C@@H](CC(C)C)CN1CC2. The molecule has 2 aliphatic rings. The van der Waals surface area contributed by atoms with Gasteiger partial charge < -0.3 is 9.47 Å². The lowest BCUT2D eigenvalue weighted by atomic mass is 9.80. The van der Waals surface area contributed by atoms with E-state index in [0.29, 0.717) is 18.1 Å². The average Bonchev–Trinajstić information content (AvgIpc) is 2.53. The highest BCUT2D eigenvalue weighted by atomic mass is 16.5. The molecule has 0 unspecified atom stereocenters. The number of methoxy groups -OCH3 is 2. The Morgan fingerprint density at radius 1 is 1.22 bits per heavy atom. The maximum atomic E-state index is 12.6. The fourth-order valence-electron chi connectivity index (χ4n) is 4.05. The highest BCUT2D eigenvalue weighted by molar-refractivity contribution is 5.83. The summed E-state index contributed by atoms with van der Waals surface area (Å²) in [4.78, 5) is 15.1. The summed E-state index contributed by atoms with van der Waals surface area (Å²) < 4.78 is 10.9. The van der Waals surface area contributed by atoms with E-state index in [1.54, 1.807) is 14.2 Å². The molecule has 2 heterocycles. The lowest BCUT2D eigenvalue weighted by Gasteiger charge is -2.43. The van der Waals surface area contributed by atoms with Crippen molar-refractivity contribution in [2.45, 2.75) is 39.2 Å². The molecule has 0 aromatic heterocycles. The number of carbonyl (C=O) groups excluding carboxylic acids is 1. The molecule has 3 rings (SSSR count). The molecular formula is C19H27NO3. The number of benzene rings is 1. The van der Waals surface area contributed by atoms with Crippen molar-refractivity contribution in [3.8, 4) is 11.5 Å². The fourth-order valence-corrected chi connectivity index (χ4v) is 4.05. The predicted octanol–water partition coefficient (Wildman–Crippen LogP) is 3.24. The first-order valence-electron chi connectivity index (χ1n) is 8.55. The minimum Gasteiger partial charge on any atom is -0.493 e. The Morgan fingerprint density at radius 2 is 1.91 bits per heavy atom. The first-order valence-corrected chi connectivity index (χ1v) is 8.55. The van der Waals surface area contributed by atoms with Gasteiger partial charge >= 0.3 is 0 Å². The number of piperidine rings is 1. The van der Waals surface area contributed by atoms with Crippen LogP contribution in [0.25, 0.3) is 0 Å². The van der Waals surface area contributed by atoms with E-state index in [1.807, 2.05) is 0 Å². The summed E-state index contributed by atoms with van der Waals surface area (Å²) in [5, 5.41) is 0. The van der Waals surface area contributed by atoms with Gasteiger partial charge in [0.15, 0.2) is 11.5 Å². The molecule has 0 saturated carbocycles. The zero-order chi connectivity index (χ0) is 16.6. The molecule has 1 aromatic rings. The molecule has 0 amide bonds. The van der Waals surface area contributed by atoms with Gasteiger partial charge in [0.25, 0.3) is 0 Å². The minimum absolute atomic E-state index is 0.202. The van der Waals surface area contributed by atoms with Gasteiger partial charge in [0.05, 0.1) is 14.2 Å². The topological polar surface area (TPSA) is 38.8 Å². The Bertz CT molecular complexity index is 597. The first kappa shape index (κ1) is 16.3. The van der Waals surface area contributed by atoms with Crippen LogP contribution in [0.5, 0.6) is 11.5 Å². The van der Waals surface area contributed by atoms with Crippen LogP contribution in [0.2, 0.25) is 0 Å². The van der Waals surface area contributed by atoms with Crippen LogP contribution in [0.15, 0.2) is 12.1 Å². The first-order chi connectivity index (χ1) is 11.0. The second-order valence-electron chi connectivity index (χ2n) is 7.16. The van der Waals surface area contributed by atoms with Crippen molar-refractivity contribution in [1.29, 1.82) is 0 Å². The number of hydrogen-bond acceptors (Lipinski definition) is 4. The molecule has 0 radical (unpaired) electrons. The van der Waals surface area contributed by atoms with Crippen molar-refractivity contribution in [2.75, 3.05) is 27.3 Å². The fraction of sp³-hybridized carbons (Fsp3) is 0.632. The number of hydrogen-bond donors (Lipinski definition) is 0. The van der Waals surface area contributed by atoms with Gasteiger partial charge in [0, 0.05) is 31.5 Å². The highest BCUT2D eigenvalue weighted by Gasteiger charge is 2.38. The van der Waals surface area contributed by atoms with Crippen molar-refractivity contribution in [3.63, 3.8) is 0 Å². The van der Waals surface area contributed by atoms with E-state index in [2.05, 4.69) is 30.9 Å². The maximum Gasteiger partial charge on any atom is 0.161 e. The molecule has 23 heavy (non-hydrogen) atoms. The number of ketones is 1. The Hall–Kier alpha value is -1.55. The molecule has 1 saturated heterocycles. The molecular weight excluding hydrogens is 290 g/mol. The van der Waals surface area contributed by atoms with Crippen molar-refractivity contribution >= 4 is 5.78 Å². The second kappa shape index (κ2) is 6.52. The van der Waals surface area contributed by atoms with Gasteiger partial charge in [-0.25, -0.2) is 0 Å². The van der Waals surface area contributed by atoms with Crippen LogP contribution in [0, 0.1) is 11.8 Å². The lowest BCUT2D eigenvalue weighted by Crippen LogP contribution is -2.46. The quantitative estimate of drug-likeness (QED) is 0.854. The number of carbonyl (C=O) groups is 1. The van der Waals surface area contributed by atoms with Gasteiger partial charge in [-0.3, -0.25) is 9.69 Å². The monoisotopic (exact) mass is 317 g/mol. The third kappa shape index (κ3) is 3.09. The molecule has 0 aliphatic carbocycles. The number of nitrogens with zero attached hydrogens (tertiary/aromatic N) is 1. The zero-order valence-electron chi connectivity index (χ0n) is 14.6. The van der Waals surface area contributed by atoms with Crippen LogP contribution in [-0.4, -0.2) is 38.0 Å². The summed E-state index contributed by atoms with van der Waals surface area (Å²) in [5.74, 6) is 2.72. The number of Topliss-reactive ketones (excluding diaryl/α,β-unsaturated/α-hetero) is 1. The standard InChI is InChI=1S/C19H27NO3/c1-12(2)7-14-11-20-6-5-13-8-18(22-3)19(23-4)9-15(13)16(20)10-17(14)21/h8-9,12,14,16H,5-7,10-11H2,1-4H3/t14-,16+/m0/s1. The van der Waals surface area contributed by atoms with E-state index in [-0.39, 0.29) is 12.0 Å². The van der Waals surface area contributed by atoms with Gasteiger partial charge in [0.1, 0.15) is 5.78 Å². The normalized spacial score (nSPS) is 24.3. The van der Waals surface area contributed by atoms with Crippen LogP contribution < -0.4 is 9.47 Å². The van der Waals surface area contributed by atoms with Gasteiger partial charge in [-0.1, -0.05) is 13.8 Å². The minimum atomic E-state index is 0.202. The van der Waals surface area contributed by atoms with Crippen LogP contribution in [0.1, 0.15) is 43.9 Å². The molecule has 0 bridgehead atoms. The zero-order valence-corrected chi connectivity index (χ0v) is 14.6. The summed E-state index contributed by atoms with van der Waals surface area (Å²) in [5.41, 5.74) is 2.53. The van der Waals surface area contributed by atoms with Crippen molar-refractivity contribution in [2.24, 2.45) is 11.8 Å². The van der Waals surface area contributed by atoms with Crippen molar-refractivity contribution in [1.82, 2.24) is 4.90 Å². The molecule has 0 N–H and O–H groups in total. The lowest BCUT2D eigenvalue weighted by molar-refractivity contribution is -0.129. The Morgan fingerprint density at radius 3 is 2.57 bits per heavy atom. The van der Waals surface area contributed by atoms with Crippen LogP contribution >= 0.6 is 0 Å². The van der Waals surface area contributed by atoms with Crippen LogP contribution in [0.3, 0.4) is 0 Å². The van der Waals surface area contributed by atoms with E-state index in [0.717, 1.165) is 37.4 Å².